The quantitative estimate of drug-likeness (QED) is 0.369. The summed E-state index contributed by atoms with van der Waals surface area (Å²) in [5.41, 5.74) is 0. The fraction of sp³-hybridized carbons (Fsp3) is 0.833. The zero-order valence-corrected chi connectivity index (χ0v) is 23.8. The minimum Gasteiger partial charge on any atom is -0.303 e. The SMILES string of the molecule is CC(=O)CC(C)C.CC(=O)CC(C)C.CC1CCCC(=O)C1.O=C1CCCC1.O=CC1CCCC1. The van der Waals surface area contributed by atoms with Crippen LogP contribution in [0.1, 0.15) is 138 Å². The van der Waals surface area contributed by atoms with Gasteiger partial charge >= 0.3 is 0 Å². The Labute approximate surface area is 215 Å². The van der Waals surface area contributed by atoms with E-state index < -0.39 is 0 Å². The molecular weight excluding hydrogens is 440 g/mol. The van der Waals surface area contributed by atoms with E-state index in [-0.39, 0.29) is 11.6 Å². The lowest BCUT2D eigenvalue weighted by Crippen LogP contribution is -2.11. The van der Waals surface area contributed by atoms with Gasteiger partial charge in [-0.1, -0.05) is 47.5 Å². The molecule has 5 heteroatoms. The first-order valence-electron chi connectivity index (χ1n) is 13.8. The van der Waals surface area contributed by atoms with Crippen molar-refractivity contribution in [1.82, 2.24) is 0 Å². The highest BCUT2D eigenvalue weighted by Crippen LogP contribution is 2.22. The molecule has 3 fully saturated rings. The molecule has 3 aliphatic carbocycles. The summed E-state index contributed by atoms with van der Waals surface area (Å²) in [7, 11) is 0. The second-order valence-corrected chi connectivity index (χ2v) is 11.3. The van der Waals surface area contributed by atoms with E-state index in [4.69, 9.17) is 0 Å². The summed E-state index contributed by atoms with van der Waals surface area (Å²) in [5.74, 6) is 3.62. The molecule has 0 aromatic heterocycles. The topological polar surface area (TPSA) is 85.3 Å². The first kappa shape index (κ1) is 35.5. The van der Waals surface area contributed by atoms with Crippen LogP contribution in [-0.2, 0) is 24.0 Å². The van der Waals surface area contributed by atoms with Crippen LogP contribution in [0.25, 0.3) is 0 Å². The Balaban J connectivity index is 0. The molecular formula is C30H54O5. The van der Waals surface area contributed by atoms with Gasteiger partial charge in [0.15, 0.2) is 0 Å². The van der Waals surface area contributed by atoms with Gasteiger partial charge in [0.25, 0.3) is 0 Å². The van der Waals surface area contributed by atoms with Crippen LogP contribution in [0.2, 0.25) is 0 Å². The number of hydrogen-bond donors (Lipinski definition) is 0. The fourth-order valence-corrected chi connectivity index (χ4v) is 4.25. The predicted octanol–water partition coefficient (Wildman–Crippen LogP) is 7.51. The van der Waals surface area contributed by atoms with E-state index in [0.29, 0.717) is 35.2 Å². The third kappa shape index (κ3) is 28.5. The van der Waals surface area contributed by atoms with E-state index in [0.717, 1.165) is 76.9 Å². The summed E-state index contributed by atoms with van der Waals surface area (Å²) < 4.78 is 0. The average Bonchev–Trinajstić information content (AvgIpc) is 3.41. The number of ketones is 4. The highest BCUT2D eigenvalue weighted by Gasteiger charge is 2.14. The molecule has 0 heterocycles. The third-order valence-electron chi connectivity index (χ3n) is 5.87. The number of aldehydes is 1. The predicted molar refractivity (Wildman–Crippen MR) is 144 cm³/mol. The molecule has 0 radical (unpaired) electrons. The minimum atomic E-state index is 0.287. The highest BCUT2D eigenvalue weighted by molar-refractivity contribution is 5.80. The van der Waals surface area contributed by atoms with Crippen molar-refractivity contribution >= 4 is 29.4 Å². The normalized spacial score (nSPS) is 19.3. The van der Waals surface area contributed by atoms with E-state index >= 15 is 0 Å². The van der Waals surface area contributed by atoms with E-state index in [1.807, 2.05) is 27.7 Å². The second-order valence-electron chi connectivity index (χ2n) is 11.3. The van der Waals surface area contributed by atoms with Crippen LogP contribution in [0, 0.1) is 23.7 Å². The van der Waals surface area contributed by atoms with Crippen LogP contribution in [-0.4, -0.2) is 29.4 Å². The largest absolute Gasteiger partial charge is 0.303 e. The maximum atomic E-state index is 10.7. The number of hydrogen-bond acceptors (Lipinski definition) is 5. The van der Waals surface area contributed by atoms with Gasteiger partial charge in [0, 0.05) is 44.4 Å². The van der Waals surface area contributed by atoms with E-state index in [1.165, 1.54) is 19.3 Å². The van der Waals surface area contributed by atoms with Crippen molar-refractivity contribution in [3.63, 3.8) is 0 Å². The van der Waals surface area contributed by atoms with Gasteiger partial charge in [-0.25, -0.2) is 0 Å². The molecule has 0 aromatic rings. The summed E-state index contributed by atoms with van der Waals surface area (Å²) >= 11 is 0. The lowest BCUT2D eigenvalue weighted by molar-refractivity contribution is -0.121. The zero-order chi connectivity index (χ0) is 27.2. The molecule has 0 N–H and O–H groups in total. The average molecular weight is 495 g/mol. The molecule has 1 atom stereocenters. The van der Waals surface area contributed by atoms with Crippen LogP contribution in [0.15, 0.2) is 0 Å². The van der Waals surface area contributed by atoms with Gasteiger partial charge in [-0.2, -0.15) is 0 Å². The van der Waals surface area contributed by atoms with Gasteiger partial charge in [-0.15, -0.1) is 0 Å². The molecule has 3 saturated carbocycles. The Hall–Kier alpha value is -1.65. The van der Waals surface area contributed by atoms with Crippen molar-refractivity contribution in [1.29, 1.82) is 0 Å². The Bertz CT molecular complexity index is 572. The number of rotatable bonds is 5. The van der Waals surface area contributed by atoms with Crippen LogP contribution < -0.4 is 0 Å². The van der Waals surface area contributed by atoms with E-state index in [9.17, 15) is 24.0 Å². The summed E-state index contributed by atoms with van der Waals surface area (Å²) in [6, 6.07) is 0. The van der Waals surface area contributed by atoms with Crippen LogP contribution in [0.5, 0.6) is 0 Å². The van der Waals surface area contributed by atoms with Crippen molar-refractivity contribution in [3.05, 3.63) is 0 Å². The van der Waals surface area contributed by atoms with Crippen molar-refractivity contribution in [2.75, 3.05) is 0 Å². The van der Waals surface area contributed by atoms with Gasteiger partial charge in [-0.3, -0.25) is 9.59 Å². The molecule has 5 nitrogen and oxygen atoms in total. The molecule has 204 valence electrons. The summed E-state index contributed by atoms with van der Waals surface area (Å²) in [6.07, 6.45) is 15.4. The first-order chi connectivity index (χ1) is 16.4. The number of carbonyl (C=O) groups excluding carboxylic acids is 5. The molecule has 3 aliphatic rings. The van der Waals surface area contributed by atoms with Crippen molar-refractivity contribution in [3.8, 4) is 0 Å². The van der Waals surface area contributed by atoms with E-state index in [1.54, 1.807) is 13.8 Å². The molecule has 3 rings (SSSR count). The third-order valence-corrected chi connectivity index (χ3v) is 5.87. The van der Waals surface area contributed by atoms with Crippen molar-refractivity contribution in [2.24, 2.45) is 23.7 Å². The molecule has 1 unspecified atom stereocenters. The first-order valence-corrected chi connectivity index (χ1v) is 13.8. The minimum absolute atomic E-state index is 0.287. The fourth-order valence-electron chi connectivity index (χ4n) is 4.25. The Morgan fingerprint density at radius 3 is 1.34 bits per heavy atom. The molecule has 0 amide bonds. The van der Waals surface area contributed by atoms with Gasteiger partial charge in [0.05, 0.1) is 0 Å². The van der Waals surface area contributed by atoms with Crippen molar-refractivity contribution in [2.45, 2.75) is 138 Å². The van der Waals surface area contributed by atoms with Crippen LogP contribution in [0.3, 0.4) is 0 Å². The van der Waals surface area contributed by atoms with Crippen LogP contribution in [0.4, 0.5) is 0 Å². The molecule has 0 bridgehead atoms. The molecule has 0 spiro atoms. The standard InChI is InChI=1S/C7H12O.C6H10O.2C6H12O.C5H8O/c1-6-3-2-4-7(8)5-6;7-5-6-3-1-2-4-6;2*1-5(2)4-6(3)7;6-5-3-1-2-4-5/h6H,2-5H2,1H3;5-6H,1-4H2;2*5H,4H2,1-3H3;1-4H2. The van der Waals surface area contributed by atoms with Gasteiger partial charge in [0.2, 0.25) is 0 Å². The summed E-state index contributed by atoms with van der Waals surface area (Å²) in [6.45, 7) is 13.6. The number of carbonyl (C=O) groups is 5. The molecule has 35 heavy (non-hydrogen) atoms. The lowest BCUT2D eigenvalue weighted by atomic mass is 9.90. The lowest BCUT2D eigenvalue weighted by Gasteiger charge is -2.14. The zero-order valence-electron chi connectivity index (χ0n) is 23.8. The van der Waals surface area contributed by atoms with Gasteiger partial charge in [0.1, 0.15) is 29.4 Å². The molecule has 0 saturated heterocycles. The van der Waals surface area contributed by atoms with Crippen molar-refractivity contribution < 1.29 is 24.0 Å². The number of Topliss-reactive ketones (excluding diaryl/α,β-unsaturated/α-hetero) is 4. The Morgan fingerprint density at radius 1 is 0.743 bits per heavy atom. The maximum absolute atomic E-state index is 10.7. The molecule has 0 aromatic carbocycles. The second kappa shape index (κ2) is 22.8. The summed E-state index contributed by atoms with van der Waals surface area (Å²) in [4.78, 5) is 51.4. The van der Waals surface area contributed by atoms with E-state index in [2.05, 4.69) is 6.92 Å². The highest BCUT2D eigenvalue weighted by atomic mass is 16.1. The smallest absolute Gasteiger partial charge is 0.133 e. The Morgan fingerprint density at radius 2 is 1.17 bits per heavy atom. The molecule has 0 aliphatic heterocycles. The monoisotopic (exact) mass is 494 g/mol. The van der Waals surface area contributed by atoms with Gasteiger partial charge in [-0.05, 0) is 70.1 Å². The maximum Gasteiger partial charge on any atom is 0.133 e. The Kier molecular flexibility index (Phi) is 23.1. The van der Waals surface area contributed by atoms with Crippen LogP contribution >= 0.6 is 0 Å². The van der Waals surface area contributed by atoms with Gasteiger partial charge < -0.3 is 14.4 Å². The summed E-state index contributed by atoms with van der Waals surface area (Å²) in [5, 5.41) is 0.